The summed E-state index contributed by atoms with van der Waals surface area (Å²) >= 11 is 0. The van der Waals surface area contributed by atoms with E-state index in [2.05, 4.69) is 38.1 Å². The summed E-state index contributed by atoms with van der Waals surface area (Å²) in [4.78, 5) is 10.2. The molecule has 0 aliphatic heterocycles. The highest BCUT2D eigenvalue weighted by atomic mass is 16.1. The molecule has 2 heteroatoms. The van der Waals surface area contributed by atoms with Gasteiger partial charge in [0.1, 0.15) is 0 Å². The predicted molar refractivity (Wildman–Crippen MR) is 87.7 cm³/mol. The molecule has 1 atom stereocenters. The van der Waals surface area contributed by atoms with Gasteiger partial charge in [0.2, 0.25) is 5.91 Å². The molecular formula is C18H31NO. The Morgan fingerprint density at radius 1 is 1.10 bits per heavy atom. The van der Waals surface area contributed by atoms with Crippen molar-refractivity contribution in [2.45, 2.75) is 66.2 Å². The van der Waals surface area contributed by atoms with Crippen LogP contribution in [0.5, 0.6) is 0 Å². The summed E-state index contributed by atoms with van der Waals surface area (Å²) in [7, 11) is 0. The van der Waals surface area contributed by atoms with E-state index in [1.165, 1.54) is 32.1 Å². The number of hydrogen-bond donors (Lipinski definition) is 1. The highest BCUT2D eigenvalue weighted by Gasteiger charge is 2.06. The first-order valence-electron chi connectivity index (χ1n) is 7.92. The molecule has 0 bridgehead atoms. The zero-order valence-electron chi connectivity index (χ0n) is 13.6. The average Bonchev–Trinajstić information content (AvgIpc) is 2.48. The maximum Gasteiger partial charge on any atom is 0.220 e. The second-order valence-corrected chi connectivity index (χ2v) is 5.39. The molecule has 0 saturated heterocycles. The Labute approximate surface area is 124 Å². The van der Waals surface area contributed by atoms with Crippen molar-refractivity contribution in [3.05, 3.63) is 35.4 Å². The number of amides is 1. The minimum atomic E-state index is -0.206. The molecule has 0 radical (unpaired) electrons. The van der Waals surface area contributed by atoms with E-state index in [4.69, 9.17) is 5.73 Å². The van der Waals surface area contributed by atoms with E-state index in [1.807, 2.05) is 13.8 Å². The van der Waals surface area contributed by atoms with Gasteiger partial charge in [-0.15, -0.1) is 0 Å². The van der Waals surface area contributed by atoms with E-state index in [0.29, 0.717) is 0 Å². The van der Waals surface area contributed by atoms with Gasteiger partial charge in [0.25, 0.3) is 0 Å². The second-order valence-electron chi connectivity index (χ2n) is 5.39. The lowest BCUT2D eigenvalue weighted by molar-refractivity contribution is -0.121. The normalized spacial score (nSPS) is 13.8. The topological polar surface area (TPSA) is 43.1 Å². The lowest BCUT2D eigenvalue weighted by Crippen LogP contribution is -2.19. The number of benzene rings is 1. The van der Waals surface area contributed by atoms with Crippen LogP contribution in [0, 0.1) is 5.92 Å². The number of aryl methyl sites for hydroxylation is 2. The number of rotatable bonds is 2. The summed E-state index contributed by atoms with van der Waals surface area (Å²) < 4.78 is 0. The summed E-state index contributed by atoms with van der Waals surface area (Å²) in [6.45, 7) is 8.01. The van der Waals surface area contributed by atoms with E-state index in [1.54, 1.807) is 11.1 Å². The molecule has 1 aliphatic rings. The maximum atomic E-state index is 10.2. The van der Waals surface area contributed by atoms with E-state index >= 15 is 0 Å². The zero-order valence-corrected chi connectivity index (χ0v) is 13.6. The molecule has 114 valence electrons. The lowest BCUT2D eigenvalue weighted by atomic mass is 9.92. The fourth-order valence-electron chi connectivity index (χ4n) is 1.88. The molecule has 0 aromatic heterocycles. The van der Waals surface area contributed by atoms with E-state index in [0.717, 1.165) is 6.42 Å². The highest BCUT2D eigenvalue weighted by Crippen LogP contribution is 2.19. The van der Waals surface area contributed by atoms with Crippen LogP contribution < -0.4 is 5.73 Å². The van der Waals surface area contributed by atoms with Gasteiger partial charge in [0.15, 0.2) is 0 Å². The fourth-order valence-corrected chi connectivity index (χ4v) is 1.88. The predicted octanol–water partition coefficient (Wildman–Crippen LogP) is 4.50. The van der Waals surface area contributed by atoms with Crippen LogP contribution >= 0.6 is 0 Å². The van der Waals surface area contributed by atoms with E-state index in [-0.39, 0.29) is 11.8 Å². The number of hydrogen-bond acceptors (Lipinski definition) is 1. The van der Waals surface area contributed by atoms with Crippen molar-refractivity contribution in [1.82, 2.24) is 0 Å². The Bertz CT molecular complexity index is 348. The number of nitrogens with two attached hydrogens (primary N) is 1. The van der Waals surface area contributed by atoms with Crippen LogP contribution in [0.1, 0.15) is 64.5 Å². The first-order valence-corrected chi connectivity index (χ1v) is 7.92. The van der Waals surface area contributed by atoms with Gasteiger partial charge in [-0.3, -0.25) is 4.79 Å². The Morgan fingerprint density at radius 2 is 1.50 bits per heavy atom. The Kier molecular flexibility index (Phi) is 10.8. The van der Waals surface area contributed by atoms with Gasteiger partial charge in [-0.1, -0.05) is 58.4 Å². The van der Waals surface area contributed by atoms with Crippen molar-refractivity contribution >= 4 is 5.91 Å². The monoisotopic (exact) mass is 277 g/mol. The van der Waals surface area contributed by atoms with Crippen LogP contribution in [0.25, 0.3) is 0 Å². The Morgan fingerprint density at radius 3 is 1.75 bits per heavy atom. The maximum absolute atomic E-state index is 10.2. The van der Waals surface area contributed by atoms with Gasteiger partial charge in [-0.25, -0.2) is 0 Å². The van der Waals surface area contributed by atoms with Crippen LogP contribution in [0.2, 0.25) is 0 Å². The molecular weight excluding hydrogens is 246 g/mol. The quantitative estimate of drug-likeness (QED) is 0.849. The Hall–Kier alpha value is -1.31. The minimum absolute atomic E-state index is 0.0417. The van der Waals surface area contributed by atoms with Crippen LogP contribution in [0.3, 0.4) is 0 Å². The molecule has 1 amide bonds. The molecule has 2 N–H and O–H groups in total. The molecule has 20 heavy (non-hydrogen) atoms. The van der Waals surface area contributed by atoms with Gasteiger partial charge < -0.3 is 5.73 Å². The molecule has 0 fully saturated rings. The molecule has 0 heterocycles. The molecule has 1 aliphatic carbocycles. The number of primary amides is 1. The van der Waals surface area contributed by atoms with Crippen molar-refractivity contribution in [2.24, 2.45) is 11.7 Å². The van der Waals surface area contributed by atoms with Gasteiger partial charge in [0, 0.05) is 5.92 Å². The summed E-state index contributed by atoms with van der Waals surface area (Å²) in [6, 6.07) is 8.80. The van der Waals surface area contributed by atoms with Crippen molar-refractivity contribution in [3.63, 3.8) is 0 Å². The van der Waals surface area contributed by atoms with Crippen LogP contribution in [0.4, 0.5) is 0 Å². The summed E-state index contributed by atoms with van der Waals surface area (Å²) in [5, 5.41) is 0. The molecule has 1 aromatic carbocycles. The van der Waals surface area contributed by atoms with Crippen LogP contribution in [-0.4, -0.2) is 5.91 Å². The third-order valence-corrected chi connectivity index (χ3v) is 3.36. The number of fused-ring (bicyclic) bond motifs is 1. The van der Waals surface area contributed by atoms with Crippen molar-refractivity contribution in [2.75, 3.05) is 0 Å². The molecule has 0 saturated carbocycles. The van der Waals surface area contributed by atoms with Crippen molar-refractivity contribution in [1.29, 1.82) is 0 Å². The van der Waals surface area contributed by atoms with Crippen LogP contribution in [0.15, 0.2) is 24.3 Å². The molecule has 1 unspecified atom stereocenters. The third-order valence-electron chi connectivity index (χ3n) is 3.36. The van der Waals surface area contributed by atoms with Gasteiger partial charge in [0.05, 0.1) is 0 Å². The number of carbonyl (C=O) groups is 1. The third kappa shape index (κ3) is 7.98. The number of carbonyl (C=O) groups excluding carboxylic acids is 1. The van der Waals surface area contributed by atoms with Crippen molar-refractivity contribution < 1.29 is 4.79 Å². The van der Waals surface area contributed by atoms with Gasteiger partial charge in [-0.05, 0) is 43.2 Å². The summed E-state index contributed by atoms with van der Waals surface area (Å²) in [5.74, 6) is -0.164. The summed E-state index contributed by atoms with van der Waals surface area (Å²) in [6.07, 6.45) is 7.47. The molecule has 2 nitrogen and oxygen atoms in total. The molecule has 2 rings (SSSR count). The average molecular weight is 277 g/mol. The zero-order chi connectivity index (χ0) is 15.4. The first kappa shape index (κ1) is 18.7. The first-order chi connectivity index (χ1) is 9.56. The fraction of sp³-hybridized carbons (Fsp3) is 0.611. The van der Waals surface area contributed by atoms with Crippen LogP contribution in [-0.2, 0) is 17.6 Å². The van der Waals surface area contributed by atoms with E-state index in [9.17, 15) is 4.79 Å². The van der Waals surface area contributed by atoms with Gasteiger partial charge >= 0.3 is 0 Å². The SMILES string of the molecule is CCC.CCC(C)C(N)=O.c1ccc2c(c1)CCCC2. The second kappa shape index (κ2) is 11.5. The molecule has 1 aromatic rings. The lowest BCUT2D eigenvalue weighted by Gasteiger charge is -2.13. The molecule has 0 spiro atoms. The van der Waals surface area contributed by atoms with Crippen molar-refractivity contribution in [3.8, 4) is 0 Å². The van der Waals surface area contributed by atoms with E-state index < -0.39 is 0 Å². The minimum Gasteiger partial charge on any atom is -0.369 e. The smallest absolute Gasteiger partial charge is 0.220 e. The largest absolute Gasteiger partial charge is 0.369 e. The highest BCUT2D eigenvalue weighted by molar-refractivity contribution is 5.76. The standard InChI is InChI=1S/C10H12.C5H11NO.C3H8/c1-2-6-10-8-4-3-7-9(10)5-1;1-3-4(2)5(6)7;1-3-2/h1-2,5-6H,3-4,7-8H2;4H,3H2,1-2H3,(H2,6,7);3H2,1-2H3. The van der Waals surface area contributed by atoms with Gasteiger partial charge in [-0.2, -0.15) is 0 Å². The summed E-state index contributed by atoms with van der Waals surface area (Å²) in [5.41, 5.74) is 8.06. The Balaban J connectivity index is 0.000000319.